The highest BCUT2D eigenvalue weighted by Crippen LogP contribution is 2.34. The number of carboxylic acid groups (broad SMARTS) is 2. The van der Waals surface area contributed by atoms with Crippen molar-refractivity contribution in [3.05, 3.63) is 143 Å². The normalized spacial score (nSPS) is 13.9. The van der Waals surface area contributed by atoms with E-state index in [0.29, 0.717) is 88.5 Å². The molecule has 2 fully saturated rings. The number of amides is 4. The molecule has 79 heavy (non-hydrogen) atoms. The molecule has 10 rings (SSSR count). The number of aliphatic carboxylic acids is 2. The van der Waals surface area contributed by atoms with Crippen LogP contribution in [0.25, 0.3) is 27.6 Å². The van der Waals surface area contributed by atoms with Crippen LogP contribution < -0.4 is 9.47 Å². The number of allylic oxidation sites excluding steroid dienone is 1. The summed E-state index contributed by atoms with van der Waals surface area (Å²) in [6.45, 7) is 2.41. The van der Waals surface area contributed by atoms with Crippen LogP contribution in [0.15, 0.2) is 115 Å². The monoisotopic (exact) mass is 1100 g/mol. The fourth-order valence-corrected chi connectivity index (χ4v) is 9.18. The number of benzene rings is 2. The molecule has 408 valence electrons. The van der Waals surface area contributed by atoms with Gasteiger partial charge in [0.15, 0.2) is 11.0 Å². The van der Waals surface area contributed by atoms with Crippen molar-refractivity contribution in [2.24, 2.45) is 4.99 Å². The molecule has 0 spiro atoms. The zero-order chi connectivity index (χ0) is 56.2. The standard InChI is InChI=1S/C27H26N6O6.C21H19ClN4O4.C7H9NO2/c1-39-20-14-29-25(33-15-18(30-16-33)7-8-21(34)35)23-22(20)19(13-28-23)24(36)27(38)32-11-9-31(10-12-32)26(37)17-5-3-2-4-6-17;1-30-15-12-24-19(22)17-16(15)14(11-23-17)18(27)21(29)26-9-7-25(8-10-26)20(28)13-5-3-2-4-6-13;9-7(10)2-1-6-3-4-8-5-6/h2-6,13-16,28H,7-12H2,1H3,(H,34,35);2-6,11-12,23H,7-10H2,1H3;4-5H,1-3H2,(H,9,10). The summed E-state index contributed by atoms with van der Waals surface area (Å²) in [7, 11) is 2.90. The van der Waals surface area contributed by atoms with Gasteiger partial charge in [-0.25, -0.2) is 15.0 Å². The Morgan fingerprint density at radius 1 is 0.608 bits per heavy atom. The highest BCUT2D eigenvalue weighted by atomic mass is 35.5. The summed E-state index contributed by atoms with van der Waals surface area (Å²) in [5, 5.41) is 18.2. The summed E-state index contributed by atoms with van der Waals surface area (Å²) in [6.07, 6.45) is 14.3. The number of carbonyl (C=O) groups excluding carboxylic acids is 6. The van der Waals surface area contributed by atoms with Crippen LogP contribution in [-0.2, 0) is 25.6 Å². The lowest BCUT2D eigenvalue weighted by atomic mass is 10.1. The Labute approximate surface area is 456 Å². The van der Waals surface area contributed by atoms with Crippen LogP contribution in [0.3, 0.4) is 0 Å². The summed E-state index contributed by atoms with van der Waals surface area (Å²) in [6, 6.07) is 17.9. The van der Waals surface area contributed by atoms with Gasteiger partial charge in [0, 0.05) is 114 Å². The van der Waals surface area contributed by atoms with E-state index in [-0.39, 0.29) is 73.5 Å². The van der Waals surface area contributed by atoms with Crippen molar-refractivity contribution in [1.82, 2.24) is 49.1 Å². The summed E-state index contributed by atoms with van der Waals surface area (Å²) in [4.78, 5) is 127. The SMILES string of the molecule is COc1cnc(-n2cnc(CCC(=O)O)c2)c2[nH]cc(C(=O)C(=O)N3CCN(C(=O)c4ccccc4)CC3)c12.COc1cnc(Cl)c2[nH]cc(C(=O)C(=O)N3CCN(C(=O)c4ccccc4)CC3)c12.O=C(O)CCC1=CN=CC1. The van der Waals surface area contributed by atoms with Gasteiger partial charge in [0.1, 0.15) is 17.8 Å². The molecule has 4 N–H and O–H groups in total. The van der Waals surface area contributed by atoms with Gasteiger partial charge < -0.3 is 49.3 Å². The predicted molar refractivity (Wildman–Crippen MR) is 288 cm³/mol. The third-order valence-electron chi connectivity index (χ3n) is 13.2. The van der Waals surface area contributed by atoms with Crippen LogP contribution in [0.1, 0.15) is 72.8 Å². The van der Waals surface area contributed by atoms with Crippen molar-refractivity contribution in [1.29, 1.82) is 0 Å². The Morgan fingerprint density at radius 2 is 1.08 bits per heavy atom. The average molecular weight is 1100 g/mol. The molecular formula is C55H54ClN11O12. The Morgan fingerprint density at radius 3 is 1.56 bits per heavy atom. The zero-order valence-electron chi connectivity index (χ0n) is 43.0. The van der Waals surface area contributed by atoms with E-state index in [1.54, 1.807) is 69.4 Å². The number of hydrogen-bond donors (Lipinski definition) is 4. The van der Waals surface area contributed by atoms with Crippen molar-refractivity contribution in [3.63, 3.8) is 0 Å². The fraction of sp³-hybridized carbons (Fsp3) is 0.273. The summed E-state index contributed by atoms with van der Waals surface area (Å²) < 4.78 is 12.3. The molecule has 4 amide bonds. The maximum absolute atomic E-state index is 13.4. The molecule has 0 radical (unpaired) electrons. The van der Waals surface area contributed by atoms with E-state index in [2.05, 4.69) is 29.9 Å². The predicted octanol–water partition coefficient (Wildman–Crippen LogP) is 5.54. The Balaban J connectivity index is 0.000000181. The molecule has 23 nitrogen and oxygen atoms in total. The van der Waals surface area contributed by atoms with Crippen LogP contribution in [-0.4, -0.2) is 179 Å². The van der Waals surface area contributed by atoms with Gasteiger partial charge in [-0.15, -0.1) is 0 Å². The first-order chi connectivity index (χ1) is 38.2. The Hall–Kier alpha value is -9.51. The lowest BCUT2D eigenvalue weighted by Gasteiger charge is -2.34. The zero-order valence-corrected chi connectivity index (χ0v) is 43.7. The number of H-pyrrole nitrogens is 2. The van der Waals surface area contributed by atoms with E-state index in [4.69, 9.17) is 31.3 Å². The molecule has 0 saturated carbocycles. The smallest absolute Gasteiger partial charge is 0.303 e. The highest BCUT2D eigenvalue weighted by Gasteiger charge is 2.33. The van der Waals surface area contributed by atoms with Gasteiger partial charge in [0.25, 0.3) is 35.2 Å². The molecule has 0 bridgehead atoms. The lowest BCUT2D eigenvalue weighted by Crippen LogP contribution is -2.52. The molecule has 3 aliphatic rings. The highest BCUT2D eigenvalue weighted by molar-refractivity contribution is 6.46. The number of carboxylic acids is 2. The van der Waals surface area contributed by atoms with Crippen molar-refractivity contribution >= 4 is 86.8 Å². The second-order valence-electron chi connectivity index (χ2n) is 18.1. The second kappa shape index (κ2) is 25.6. The molecule has 0 atom stereocenters. The minimum atomic E-state index is -0.920. The molecule has 8 heterocycles. The number of aryl methyl sites for hydroxylation is 1. The topological polar surface area (TPSA) is 296 Å². The number of piperazine rings is 2. The minimum Gasteiger partial charge on any atom is -0.494 e. The van der Waals surface area contributed by atoms with Gasteiger partial charge in [0.05, 0.1) is 71.7 Å². The fourth-order valence-electron chi connectivity index (χ4n) is 8.98. The van der Waals surface area contributed by atoms with Gasteiger partial charge in [-0.3, -0.25) is 47.9 Å². The summed E-state index contributed by atoms with van der Waals surface area (Å²) >= 11 is 6.09. The number of fused-ring (bicyclic) bond motifs is 2. The number of ether oxygens (including phenoxy) is 2. The number of aliphatic imine (C=N–C) groups is 1. The number of hydrogen-bond acceptors (Lipinski definition) is 14. The van der Waals surface area contributed by atoms with Gasteiger partial charge >= 0.3 is 11.9 Å². The molecule has 2 saturated heterocycles. The number of Topliss-reactive ketones (excluding diaryl/α,β-unsaturated/α-hetero) is 2. The first-order valence-corrected chi connectivity index (χ1v) is 25.3. The van der Waals surface area contributed by atoms with E-state index in [1.165, 1.54) is 55.1 Å². The number of ketones is 2. The van der Waals surface area contributed by atoms with Gasteiger partial charge in [-0.1, -0.05) is 48.0 Å². The number of aromatic amines is 2. The number of halogens is 1. The maximum atomic E-state index is 13.4. The molecule has 2 aromatic carbocycles. The van der Waals surface area contributed by atoms with E-state index in [1.807, 2.05) is 24.3 Å². The van der Waals surface area contributed by atoms with Crippen molar-refractivity contribution < 1.29 is 58.0 Å². The number of pyridine rings is 2. The first kappa shape index (κ1) is 55.7. The minimum absolute atomic E-state index is 0.0552. The van der Waals surface area contributed by atoms with Crippen molar-refractivity contribution in [3.8, 4) is 17.3 Å². The molecule has 0 aliphatic carbocycles. The van der Waals surface area contributed by atoms with E-state index >= 15 is 0 Å². The van der Waals surface area contributed by atoms with Gasteiger partial charge in [-0.2, -0.15) is 0 Å². The molecule has 7 aromatic rings. The largest absolute Gasteiger partial charge is 0.494 e. The van der Waals surface area contributed by atoms with E-state index < -0.39 is 35.3 Å². The average Bonchev–Trinajstić information content (AvgIpc) is 4.42. The van der Waals surface area contributed by atoms with Gasteiger partial charge in [-0.05, 0) is 36.3 Å². The number of nitrogens with zero attached hydrogens (tertiary/aromatic N) is 9. The van der Waals surface area contributed by atoms with E-state index in [9.17, 15) is 38.4 Å². The Kier molecular flexibility index (Phi) is 18.0. The maximum Gasteiger partial charge on any atom is 0.303 e. The molecule has 3 aliphatic heterocycles. The van der Waals surface area contributed by atoms with Crippen LogP contribution in [0.5, 0.6) is 11.5 Å². The molecule has 0 unspecified atom stereocenters. The molecular weight excluding hydrogens is 1040 g/mol. The van der Waals surface area contributed by atoms with Gasteiger partial charge in [0.2, 0.25) is 0 Å². The first-order valence-electron chi connectivity index (χ1n) is 24.9. The number of carbonyl (C=O) groups is 8. The van der Waals surface area contributed by atoms with Crippen LogP contribution in [0, 0.1) is 0 Å². The number of rotatable bonds is 15. The number of methoxy groups -OCH3 is 2. The van der Waals surface area contributed by atoms with E-state index in [0.717, 1.165) is 12.0 Å². The van der Waals surface area contributed by atoms with Crippen molar-refractivity contribution in [2.45, 2.75) is 32.1 Å². The second-order valence-corrected chi connectivity index (χ2v) is 18.5. The number of imidazole rings is 1. The van der Waals surface area contributed by atoms with Crippen molar-refractivity contribution in [2.75, 3.05) is 66.6 Å². The van der Waals surface area contributed by atoms with Crippen LogP contribution >= 0.6 is 11.6 Å². The number of aromatic nitrogens is 6. The number of nitrogens with one attached hydrogen (secondary N) is 2. The lowest BCUT2D eigenvalue weighted by molar-refractivity contribution is -0.138. The third-order valence-corrected chi connectivity index (χ3v) is 13.5. The summed E-state index contributed by atoms with van der Waals surface area (Å²) in [5.74, 6) is -3.43. The quantitative estimate of drug-likeness (QED) is 0.0557. The van der Waals surface area contributed by atoms with Crippen LogP contribution in [0.4, 0.5) is 0 Å². The summed E-state index contributed by atoms with van der Waals surface area (Å²) in [5.41, 5.74) is 4.09. The van der Waals surface area contributed by atoms with Crippen LogP contribution in [0.2, 0.25) is 5.15 Å². The molecule has 5 aromatic heterocycles. The third kappa shape index (κ3) is 13.0. The molecule has 24 heteroatoms. The Bertz CT molecular complexity index is 3480.